The molecule has 148 valence electrons. The largest absolute Gasteiger partial charge is 0.494 e. The maximum atomic E-state index is 8.94. The molecule has 8 heteroatoms. The summed E-state index contributed by atoms with van der Waals surface area (Å²) < 4.78 is 11.2. The number of hydrogen-bond acceptors (Lipinski definition) is 6. The van der Waals surface area contributed by atoms with Crippen LogP contribution < -0.4 is 10.2 Å². The third kappa shape index (κ3) is 11.8. The number of unbranched alkanes of at least 4 members (excludes halogenated alkanes) is 3. The zero-order chi connectivity index (χ0) is 19.9. The molecule has 0 unspecified atom stereocenters. The van der Waals surface area contributed by atoms with Gasteiger partial charge in [-0.05, 0) is 71.3 Å². The first-order valence-electron chi connectivity index (χ1n) is 8.88. The summed E-state index contributed by atoms with van der Waals surface area (Å²) in [6.45, 7) is 3.05. The van der Waals surface area contributed by atoms with Crippen LogP contribution in [0.25, 0.3) is 0 Å². The predicted octanol–water partition coefficient (Wildman–Crippen LogP) is 2.42. The number of hydrogen-bond donors (Lipinski definition) is 3. The van der Waals surface area contributed by atoms with Gasteiger partial charge in [-0.1, -0.05) is 24.6 Å². The highest BCUT2D eigenvalue weighted by molar-refractivity contribution is 9.10. The Labute approximate surface area is 169 Å². The molecule has 0 spiro atoms. The van der Waals surface area contributed by atoms with Crippen molar-refractivity contribution >= 4 is 28.5 Å². The summed E-state index contributed by atoms with van der Waals surface area (Å²) in [5.74, 6) is 0.730. The van der Waals surface area contributed by atoms with Crippen molar-refractivity contribution in [1.82, 2.24) is 4.98 Å². The fraction of sp³-hybridized carbons (Fsp3) is 0.421. The third-order valence-corrected chi connectivity index (χ3v) is 4.07. The van der Waals surface area contributed by atoms with Crippen LogP contribution in [0.1, 0.15) is 31.2 Å². The standard InChI is InChI=1S/C13H21BO5.C6H6BrN/c15-11-18-9-3-1-2-4-10-19-13-7-5-12(6-8-13)14(16)17;1-5-2-3-6(7)8-4-5/h5-8,15-17H,1-4,9-11H2;2-4H,1H3. The van der Waals surface area contributed by atoms with Gasteiger partial charge < -0.3 is 24.6 Å². The number of rotatable bonds is 10. The molecule has 0 amide bonds. The van der Waals surface area contributed by atoms with E-state index in [1.165, 1.54) is 5.56 Å². The lowest BCUT2D eigenvalue weighted by Crippen LogP contribution is -2.29. The number of nitrogens with zero attached hydrogens (tertiary/aromatic N) is 1. The van der Waals surface area contributed by atoms with Gasteiger partial charge in [-0.15, -0.1) is 0 Å². The molecule has 2 rings (SSSR count). The number of aromatic nitrogens is 1. The van der Waals surface area contributed by atoms with E-state index in [0.29, 0.717) is 18.7 Å². The van der Waals surface area contributed by atoms with Crippen LogP contribution in [0.15, 0.2) is 47.2 Å². The Balaban J connectivity index is 0.000000377. The van der Waals surface area contributed by atoms with Crippen molar-refractivity contribution in [1.29, 1.82) is 0 Å². The minimum atomic E-state index is -1.44. The van der Waals surface area contributed by atoms with Crippen LogP contribution in [0.5, 0.6) is 5.75 Å². The molecule has 3 N–H and O–H groups in total. The zero-order valence-corrected chi connectivity index (χ0v) is 17.1. The number of benzene rings is 1. The molecular weight excluding hydrogens is 413 g/mol. The van der Waals surface area contributed by atoms with E-state index >= 15 is 0 Å². The molecule has 1 aromatic heterocycles. The van der Waals surface area contributed by atoms with Crippen LogP contribution in [0.3, 0.4) is 0 Å². The number of ether oxygens (including phenoxy) is 2. The summed E-state index contributed by atoms with van der Waals surface area (Å²) in [7, 11) is -1.44. The SMILES string of the molecule is Cc1ccc(Br)nc1.OCOCCCCCCOc1ccc(B(O)O)cc1. The molecule has 0 aliphatic carbocycles. The third-order valence-electron chi connectivity index (χ3n) is 3.60. The first-order valence-corrected chi connectivity index (χ1v) is 9.68. The summed E-state index contributed by atoms with van der Waals surface area (Å²) in [5.41, 5.74) is 1.64. The van der Waals surface area contributed by atoms with Crippen molar-refractivity contribution in [3.8, 4) is 5.75 Å². The lowest BCUT2D eigenvalue weighted by Gasteiger charge is -2.07. The van der Waals surface area contributed by atoms with Gasteiger partial charge in [-0.3, -0.25) is 0 Å². The summed E-state index contributed by atoms with van der Waals surface area (Å²) in [5, 5.41) is 26.3. The lowest BCUT2D eigenvalue weighted by molar-refractivity contribution is -0.00288. The van der Waals surface area contributed by atoms with E-state index in [1.807, 2.05) is 25.3 Å². The van der Waals surface area contributed by atoms with Gasteiger partial charge in [0, 0.05) is 12.8 Å². The number of aliphatic hydroxyl groups is 1. The monoisotopic (exact) mass is 439 g/mol. The second-order valence-electron chi connectivity index (χ2n) is 5.90. The van der Waals surface area contributed by atoms with Gasteiger partial charge in [0.05, 0.1) is 6.61 Å². The summed E-state index contributed by atoms with van der Waals surface area (Å²) >= 11 is 3.23. The van der Waals surface area contributed by atoms with Gasteiger partial charge in [-0.2, -0.15) is 0 Å². The minimum Gasteiger partial charge on any atom is -0.494 e. The fourth-order valence-corrected chi connectivity index (χ4v) is 2.33. The van der Waals surface area contributed by atoms with E-state index in [1.54, 1.807) is 24.3 Å². The van der Waals surface area contributed by atoms with E-state index in [0.717, 1.165) is 36.0 Å². The van der Waals surface area contributed by atoms with Crippen LogP contribution in [0.2, 0.25) is 0 Å². The van der Waals surface area contributed by atoms with Gasteiger partial charge in [0.1, 0.15) is 17.1 Å². The highest BCUT2D eigenvalue weighted by Gasteiger charge is 2.09. The van der Waals surface area contributed by atoms with Crippen molar-refractivity contribution in [3.05, 3.63) is 52.8 Å². The molecule has 0 atom stereocenters. The molecule has 0 radical (unpaired) electrons. The average molecular weight is 440 g/mol. The van der Waals surface area contributed by atoms with Crippen LogP contribution in [0, 0.1) is 6.92 Å². The van der Waals surface area contributed by atoms with Crippen molar-refractivity contribution in [2.75, 3.05) is 20.0 Å². The Hall–Kier alpha value is -1.45. The van der Waals surface area contributed by atoms with Crippen LogP contribution in [0.4, 0.5) is 0 Å². The molecule has 1 aromatic carbocycles. The van der Waals surface area contributed by atoms with Crippen molar-refractivity contribution in [2.45, 2.75) is 32.6 Å². The molecule has 0 fully saturated rings. The first-order chi connectivity index (χ1) is 13.0. The normalized spacial score (nSPS) is 10.1. The highest BCUT2D eigenvalue weighted by atomic mass is 79.9. The van der Waals surface area contributed by atoms with Crippen molar-refractivity contribution < 1.29 is 24.6 Å². The van der Waals surface area contributed by atoms with Crippen LogP contribution in [-0.2, 0) is 4.74 Å². The highest BCUT2D eigenvalue weighted by Crippen LogP contribution is 2.09. The van der Waals surface area contributed by atoms with Gasteiger partial charge in [-0.25, -0.2) is 4.98 Å². The fourth-order valence-electron chi connectivity index (χ4n) is 2.10. The smallest absolute Gasteiger partial charge is 0.488 e. The Morgan fingerprint density at radius 3 is 2.15 bits per heavy atom. The molecule has 0 bridgehead atoms. The second-order valence-corrected chi connectivity index (χ2v) is 6.71. The molecule has 2 aromatic rings. The number of aryl methyl sites for hydroxylation is 1. The summed E-state index contributed by atoms with van der Waals surface area (Å²) in [6.07, 6.45) is 5.85. The van der Waals surface area contributed by atoms with Gasteiger partial charge in [0.25, 0.3) is 0 Å². The predicted molar refractivity (Wildman–Crippen MR) is 110 cm³/mol. The van der Waals surface area contributed by atoms with Crippen LogP contribution >= 0.6 is 15.9 Å². The molecule has 0 saturated heterocycles. The quantitative estimate of drug-likeness (QED) is 0.228. The molecule has 27 heavy (non-hydrogen) atoms. The van der Waals surface area contributed by atoms with E-state index in [9.17, 15) is 0 Å². The maximum Gasteiger partial charge on any atom is 0.488 e. The Morgan fingerprint density at radius 2 is 1.63 bits per heavy atom. The van der Waals surface area contributed by atoms with Crippen LogP contribution in [-0.4, -0.2) is 47.3 Å². The lowest BCUT2D eigenvalue weighted by atomic mass is 9.80. The number of halogens is 1. The zero-order valence-electron chi connectivity index (χ0n) is 15.6. The molecule has 1 heterocycles. The van der Waals surface area contributed by atoms with Gasteiger partial charge in [0.15, 0.2) is 0 Å². The Bertz CT molecular complexity index is 590. The molecular formula is C19H27BBrNO5. The molecule has 0 saturated carbocycles. The molecule has 6 nitrogen and oxygen atoms in total. The topological polar surface area (TPSA) is 92.0 Å². The van der Waals surface area contributed by atoms with Crippen molar-refractivity contribution in [3.63, 3.8) is 0 Å². The summed E-state index contributed by atoms with van der Waals surface area (Å²) in [6, 6.07) is 10.7. The van der Waals surface area contributed by atoms with E-state index < -0.39 is 7.12 Å². The summed E-state index contributed by atoms with van der Waals surface area (Å²) in [4.78, 5) is 4.00. The second kappa shape index (κ2) is 14.6. The minimum absolute atomic E-state index is 0.207. The first kappa shape index (κ1) is 23.6. The molecule has 0 aliphatic rings. The van der Waals surface area contributed by atoms with E-state index in [-0.39, 0.29) is 6.79 Å². The van der Waals surface area contributed by atoms with Gasteiger partial charge in [0.2, 0.25) is 0 Å². The average Bonchev–Trinajstić information content (AvgIpc) is 2.67. The number of pyridine rings is 1. The van der Waals surface area contributed by atoms with Gasteiger partial charge >= 0.3 is 7.12 Å². The maximum absolute atomic E-state index is 8.94. The Morgan fingerprint density at radius 1 is 0.963 bits per heavy atom. The number of aliphatic hydroxyl groups excluding tert-OH is 1. The van der Waals surface area contributed by atoms with E-state index in [2.05, 4.69) is 20.9 Å². The van der Waals surface area contributed by atoms with Crippen molar-refractivity contribution in [2.24, 2.45) is 0 Å². The molecule has 0 aliphatic heterocycles. The Kier molecular flexibility index (Phi) is 12.8. The van der Waals surface area contributed by atoms with E-state index in [4.69, 9.17) is 24.6 Å².